The number of para-hydroxylation sites is 1. The lowest BCUT2D eigenvalue weighted by molar-refractivity contribution is 0.0233. The molecule has 1 unspecified atom stereocenters. The number of hydrogen-bond acceptors (Lipinski definition) is 3. The highest BCUT2D eigenvalue weighted by Crippen LogP contribution is 2.37. The van der Waals surface area contributed by atoms with E-state index >= 15 is 0 Å². The molecule has 1 atom stereocenters. The molecule has 1 aliphatic rings. The minimum Gasteiger partial charge on any atom is -0.457 e. The van der Waals surface area contributed by atoms with Crippen molar-refractivity contribution in [2.45, 2.75) is 5.06 Å². The highest BCUT2D eigenvalue weighted by Gasteiger charge is 2.39. The van der Waals surface area contributed by atoms with E-state index in [1.807, 2.05) is 30.3 Å². The van der Waals surface area contributed by atoms with Crippen LogP contribution in [0.15, 0.2) is 34.7 Å². The van der Waals surface area contributed by atoms with Crippen molar-refractivity contribution in [3.63, 3.8) is 0 Å². The Balaban J connectivity index is 2.11. The molecule has 2 aromatic rings. The smallest absolute Gasteiger partial charge is 0.225 e. The average molecular weight is 225 g/mol. The second-order valence-electron chi connectivity index (χ2n) is 3.49. The molecule has 0 N–H and O–H groups in total. The predicted molar refractivity (Wildman–Crippen MR) is 55.6 cm³/mol. The SMILES string of the molecule is ClC1(c2cc3ccccc3o2)COCO1. The van der Waals surface area contributed by atoms with Crippen molar-refractivity contribution >= 4 is 22.6 Å². The number of furan rings is 1. The van der Waals surface area contributed by atoms with Gasteiger partial charge in [-0.2, -0.15) is 0 Å². The van der Waals surface area contributed by atoms with Crippen LogP contribution in [0.4, 0.5) is 0 Å². The quantitative estimate of drug-likeness (QED) is 0.698. The van der Waals surface area contributed by atoms with Crippen molar-refractivity contribution in [1.82, 2.24) is 0 Å². The molecule has 3 rings (SSSR count). The standard InChI is InChI=1S/C11H9ClO3/c12-11(6-13-7-14-11)10-5-8-3-1-2-4-9(8)15-10/h1-5H,6-7H2. The van der Waals surface area contributed by atoms with E-state index in [0.29, 0.717) is 12.4 Å². The fourth-order valence-corrected chi connectivity index (χ4v) is 1.87. The van der Waals surface area contributed by atoms with Gasteiger partial charge in [0.05, 0.1) is 0 Å². The Morgan fingerprint density at radius 2 is 2.13 bits per heavy atom. The summed E-state index contributed by atoms with van der Waals surface area (Å²) in [6.45, 7) is 0.523. The zero-order valence-electron chi connectivity index (χ0n) is 7.90. The summed E-state index contributed by atoms with van der Waals surface area (Å²) in [7, 11) is 0. The Morgan fingerprint density at radius 3 is 2.87 bits per heavy atom. The predicted octanol–water partition coefficient (Wildman–Crippen LogP) is 2.83. The minimum absolute atomic E-state index is 0.209. The van der Waals surface area contributed by atoms with Crippen molar-refractivity contribution in [2.24, 2.45) is 0 Å². The van der Waals surface area contributed by atoms with E-state index < -0.39 is 5.06 Å². The van der Waals surface area contributed by atoms with Crippen LogP contribution in [0, 0.1) is 0 Å². The van der Waals surface area contributed by atoms with Crippen LogP contribution in [0.25, 0.3) is 11.0 Å². The van der Waals surface area contributed by atoms with E-state index in [1.165, 1.54) is 0 Å². The summed E-state index contributed by atoms with van der Waals surface area (Å²) in [4.78, 5) is 0. The number of rotatable bonds is 1. The first-order chi connectivity index (χ1) is 7.28. The van der Waals surface area contributed by atoms with Gasteiger partial charge in [-0.1, -0.05) is 29.8 Å². The zero-order valence-corrected chi connectivity index (χ0v) is 8.66. The van der Waals surface area contributed by atoms with Gasteiger partial charge in [0.15, 0.2) is 5.76 Å². The fraction of sp³-hybridized carbons (Fsp3) is 0.273. The van der Waals surface area contributed by atoms with Crippen molar-refractivity contribution in [1.29, 1.82) is 0 Å². The molecule has 0 amide bonds. The van der Waals surface area contributed by atoms with Crippen LogP contribution in [0.5, 0.6) is 0 Å². The molecule has 0 saturated carbocycles. The van der Waals surface area contributed by atoms with Gasteiger partial charge >= 0.3 is 0 Å². The number of benzene rings is 1. The van der Waals surface area contributed by atoms with E-state index in [-0.39, 0.29) is 6.79 Å². The molecular formula is C11H9ClO3. The third kappa shape index (κ3) is 1.44. The van der Waals surface area contributed by atoms with Crippen LogP contribution >= 0.6 is 11.6 Å². The van der Waals surface area contributed by atoms with Crippen molar-refractivity contribution in [3.8, 4) is 0 Å². The summed E-state index contributed by atoms with van der Waals surface area (Å²) in [6.07, 6.45) is 0. The molecule has 4 heteroatoms. The summed E-state index contributed by atoms with van der Waals surface area (Å²) >= 11 is 6.23. The zero-order chi connectivity index (χ0) is 10.3. The number of alkyl halides is 1. The lowest BCUT2D eigenvalue weighted by Gasteiger charge is -2.14. The second-order valence-corrected chi connectivity index (χ2v) is 4.10. The monoisotopic (exact) mass is 224 g/mol. The molecule has 0 spiro atoms. The first-order valence-corrected chi connectivity index (χ1v) is 5.05. The van der Waals surface area contributed by atoms with Gasteiger partial charge < -0.3 is 13.9 Å². The highest BCUT2D eigenvalue weighted by atomic mass is 35.5. The summed E-state index contributed by atoms with van der Waals surface area (Å²) in [5.41, 5.74) is 0.808. The third-order valence-corrected chi connectivity index (χ3v) is 2.86. The van der Waals surface area contributed by atoms with Crippen molar-refractivity contribution in [2.75, 3.05) is 13.4 Å². The second kappa shape index (κ2) is 3.23. The molecule has 0 aliphatic carbocycles. The lowest BCUT2D eigenvalue weighted by Crippen LogP contribution is -2.19. The van der Waals surface area contributed by atoms with E-state index in [4.69, 9.17) is 25.5 Å². The maximum atomic E-state index is 6.23. The van der Waals surface area contributed by atoms with E-state index in [2.05, 4.69) is 0 Å². The lowest BCUT2D eigenvalue weighted by atomic mass is 10.2. The fourth-order valence-electron chi connectivity index (χ4n) is 1.66. The third-order valence-electron chi connectivity index (χ3n) is 2.45. The van der Waals surface area contributed by atoms with Gasteiger partial charge in [0.2, 0.25) is 5.06 Å². The number of hydrogen-bond donors (Lipinski definition) is 0. The Bertz CT molecular complexity index is 452. The topological polar surface area (TPSA) is 31.6 Å². The molecule has 1 fully saturated rings. The molecule has 1 aromatic heterocycles. The van der Waals surface area contributed by atoms with Crippen LogP contribution < -0.4 is 0 Å². The molecule has 78 valence electrons. The summed E-state index contributed by atoms with van der Waals surface area (Å²) in [5, 5.41) is 0.0574. The average Bonchev–Trinajstić information content (AvgIpc) is 2.84. The molecule has 1 saturated heterocycles. The maximum absolute atomic E-state index is 6.23. The summed E-state index contributed by atoms with van der Waals surface area (Å²) in [6, 6.07) is 9.63. The molecule has 0 radical (unpaired) electrons. The van der Waals surface area contributed by atoms with Gasteiger partial charge in [-0.25, -0.2) is 0 Å². The Hall–Kier alpha value is -1.03. The summed E-state index contributed by atoms with van der Waals surface area (Å²) in [5.74, 6) is 0.600. The molecule has 1 aliphatic heterocycles. The molecule has 15 heavy (non-hydrogen) atoms. The number of fused-ring (bicyclic) bond motifs is 1. The Labute approximate surface area is 91.5 Å². The Morgan fingerprint density at radius 1 is 1.27 bits per heavy atom. The van der Waals surface area contributed by atoms with Crippen LogP contribution in [0.3, 0.4) is 0 Å². The van der Waals surface area contributed by atoms with Gasteiger partial charge in [-0.3, -0.25) is 0 Å². The first-order valence-electron chi connectivity index (χ1n) is 4.68. The minimum atomic E-state index is -0.959. The van der Waals surface area contributed by atoms with Crippen molar-refractivity contribution < 1.29 is 13.9 Å². The molecule has 0 bridgehead atoms. The summed E-state index contributed by atoms with van der Waals surface area (Å²) < 4.78 is 16.0. The van der Waals surface area contributed by atoms with Crippen LogP contribution in [-0.4, -0.2) is 13.4 Å². The molecule has 2 heterocycles. The van der Waals surface area contributed by atoms with Crippen LogP contribution in [0.2, 0.25) is 0 Å². The van der Waals surface area contributed by atoms with Gasteiger partial charge in [0, 0.05) is 5.39 Å². The largest absolute Gasteiger partial charge is 0.457 e. The van der Waals surface area contributed by atoms with Gasteiger partial charge in [-0.15, -0.1) is 0 Å². The molecule has 3 nitrogen and oxygen atoms in total. The number of halogens is 1. The van der Waals surface area contributed by atoms with Crippen LogP contribution in [-0.2, 0) is 14.5 Å². The maximum Gasteiger partial charge on any atom is 0.225 e. The normalized spacial score (nSPS) is 26.2. The van der Waals surface area contributed by atoms with Gasteiger partial charge in [-0.05, 0) is 12.1 Å². The molecular weight excluding hydrogens is 216 g/mol. The van der Waals surface area contributed by atoms with Gasteiger partial charge in [0.1, 0.15) is 19.0 Å². The Kier molecular flexibility index (Phi) is 1.99. The van der Waals surface area contributed by atoms with E-state index in [9.17, 15) is 0 Å². The van der Waals surface area contributed by atoms with Gasteiger partial charge in [0.25, 0.3) is 0 Å². The highest BCUT2D eigenvalue weighted by molar-refractivity contribution is 6.23. The van der Waals surface area contributed by atoms with E-state index in [0.717, 1.165) is 11.0 Å². The van der Waals surface area contributed by atoms with E-state index in [1.54, 1.807) is 0 Å². The first kappa shape index (κ1) is 9.21. The van der Waals surface area contributed by atoms with Crippen molar-refractivity contribution in [3.05, 3.63) is 36.1 Å². The van der Waals surface area contributed by atoms with Crippen LogP contribution in [0.1, 0.15) is 5.76 Å². The number of ether oxygens (including phenoxy) is 2. The molecule has 1 aromatic carbocycles.